The van der Waals surface area contributed by atoms with E-state index in [0.29, 0.717) is 12.0 Å². The summed E-state index contributed by atoms with van der Waals surface area (Å²) >= 11 is 0. The topological polar surface area (TPSA) is 48.5 Å². The second kappa shape index (κ2) is 6.21. The van der Waals surface area contributed by atoms with Crippen LogP contribution in [0.5, 0.6) is 0 Å². The molecule has 1 amide bonds. The number of rotatable bonds is 5. The molecule has 3 atom stereocenters. The Hall–Kier alpha value is -1.46. The lowest BCUT2D eigenvalue weighted by atomic mass is 10.0. The highest BCUT2D eigenvalue weighted by Crippen LogP contribution is 2.35. The van der Waals surface area contributed by atoms with Crippen molar-refractivity contribution in [2.24, 2.45) is 11.8 Å². The number of nitrogens with one attached hydrogen (secondary N) is 1. The Morgan fingerprint density at radius 3 is 2.91 bits per heavy atom. The number of nitrogens with zero attached hydrogens (tertiary/aromatic N) is 3. The summed E-state index contributed by atoms with van der Waals surface area (Å²) in [7, 11) is 2.12. The summed E-state index contributed by atoms with van der Waals surface area (Å²) in [5.41, 5.74) is 1.13. The molecule has 3 aliphatic rings. The van der Waals surface area contributed by atoms with Gasteiger partial charge < -0.3 is 5.32 Å². The summed E-state index contributed by atoms with van der Waals surface area (Å²) in [6, 6.07) is 6.68. The van der Waals surface area contributed by atoms with Gasteiger partial charge in [0.25, 0.3) is 0 Å². The third-order valence-electron chi connectivity index (χ3n) is 5.70. The standard InChI is InChI=1S/C18H26N4O/c1-21-16(18(23)20-9-13-5-6-13)8-14-10-22(12-17(14)21)11-15-4-2-3-7-19-15/h2-4,7,13-14,16-17H,5-6,8-12H2,1H3,(H,20,23)/t14-,16-,17+/m1/s1. The van der Waals surface area contributed by atoms with Crippen molar-refractivity contribution >= 4 is 5.91 Å². The fraction of sp³-hybridized carbons (Fsp3) is 0.667. The van der Waals surface area contributed by atoms with Crippen LogP contribution in [0.25, 0.3) is 0 Å². The molecule has 2 aliphatic heterocycles. The normalized spacial score (nSPS) is 31.3. The van der Waals surface area contributed by atoms with Crippen LogP contribution in [0.3, 0.4) is 0 Å². The van der Waals surface area contributed by atoms with E-state index >= 15 is 0 Å². The summed E-state index contributed by atoms with van der Waals surface area (Å²) in [6.45, 7) is 3.92. The molecule has 124 valence electrons. The number of carbonyl (C=O) groups excluding carboxylic acids is 1. The van der Waals surface area contributed by atoms with Crippen molar-refractivity contribution in [2.75, 3.05) is 26.7 Å². The zero-order valence-corrected chi connectivity index (χ0v) is 13.8. The maximum Gasteiger partial charge on any atom is 0.237 e. The maximum atomic E-state index is 12.4. The summed E-state index contributed by atoms with van der Waals surface area (Å²) in [4.78, 5) is 21.6. The van der Waals surface area contributed by atoms with E-state index in [2.05, 4.69) is 33.2 Å². The molecule has 5 heteroatoms. The molecule has 5 nitrogen and oxygen atoms in total. The SMILES string of the molecule is CN1[C@@H](C(=O)NCC2CC2)C[C@@H]2CN(Cc3ccccn3)C[C@@H]21. The van der Waals surface area contributed by atoms with Gasteiger partial charge in [0.15, 0.2) is 0 Å². The Bertz CT molecular complexity index is 559. The van der Waals surface area contributed by atoms with E-state index in [0.717, 1.165) is 44.2 Å². The number of pyridine rings is 1. The highest BCUT2D eigenvalue weighted by molar-refractivity contribution is 5.82. The zero-order chi connectivity index (χ0) is 15.8. The van der Waals surface area contributed by atoms with Gasteiger partial charge in [-0.05, 0) is 50.3 Å². The van der Waals surface area contributed by atoms with Crippen LogP contribution in [-0.2, 0) is 11.3 Å². The highest BCUT2D eigenvalue weighted by Gasteiger charge is 2.47. The van der Waals surface area contributed by atoms with Gasteiger partial charge in [-0.25, -0.2) is 0 Å². The van der Waals surface area contributed by atoms with Gasteiger partial charge in [0.1, 0.15) is 0 Å². The van der Waals surface area contributed by atoms with Gasteiger partial charge in [0.05, 0.1) is 11.7 Å². The molecule has 3 fully saturated rings. The van der Waals surface area contributed by atoms with Crippen LogP contribution in [0.4, 0.5) is 0 Å². The van der Waals surface area contributed by atoms with Crippen LogP contribution < -0.4 is 5.32 Å². The second-order valence-electron chi connectivity index (χ2n) is 7.45. The number of hydrogen-bond donors (Lipinski definition) is 1. The van der Waals surface area contributed by atoms with Crippen molar-refractivity contribution in [3.8, 4) is 0 Å². The van der Waals surface area contributed by atoms with E-state index < -0.39 is 0 Å². The van der Waals surface area contributed by atoms with E-state index in [1.807, 2.05) is 18.3 Å². The molecule has 3 heterocycles. The Kier molecular flexibility index (Phi) is 4.07. The minimum atomic E-state index is 0.0701. The number of amides is 1. The average molecular weight is 314 g/mol. The van der Waals surface area contributed by atoms with Gasteiger partial charge in [-0.15, -0.1) is 0 Å². The summed E-state index contributed by atoms with van der Waals surface area (Å²) in [5.74, 6) is 1.60. The molecule has 1 aromatic heterocycles. The molecule has 1 saturated carbocycles. The molecule has 0 unspecified atom stereocenters. The lowest BCUT2D eigenvalue weighted by molar-refractivity contribution is -0.125. The lowest BCUT2D eigenvalue weighted by Gasteiger charge is -2.26. The quantitative estimate of drug-likeness (QED) is 0.884. The number of carbonyl (C=O) groups is 1. The van der Waals surface area contributed by atoms with Crippen LogP contribution >= 0.6 is 0 Å². The summed E-state index contributed by atoms with van der Waals surface area (Å²) in [6.07, 6.45) is 5.43. The first kappa shape index (κ1) is 15.1. The van der Waals surface area contributed by atoms with Crippen molar-refractivity contribution < 1.29 is 4.79 Å². The summed E-state index contributed by atoms with van der Waals surface area (Å²) in [5, 5.41) is 3.15. The fourth-order valence-corrected chi connectivity index (χ4v) is 4.15. The lowest BCUT2D eigenvalue weighted by Crippen LogP contribution is -2.46. The van der Waals surface area contributed by atoms with E-state index in [1.165, 1.54) is 12.8 Å². The molecule has 0 aromatic carbocycles. The smallest absolute Gasteiger partial charge is 0.237 e. The van der Waals surface area contributed by atoms with Crippen molar-refractivity contribution in [3.05, 3.63) is 30.1 Å². The van der Waals surface area contributed by atoms with Gasteiger partial charge in [0.2, 0.25) is 5.91 Å². The number of likely N-dealkylation sites (tertiary alicyclic amines) is 2. The molecule has 1 N–H and O–H groups in total. The van der Waals surface area contributed by atoms with Gasteiger partial charge in [-0.2, -0.15) is 0 Å². The van der Waals surface area contributed by atoms with Gasteiger partial charge in [0, 0.05) is 38.4 Å². The van der Waals surface area contributed by atoms with Crippen molar-refractivity contribution in [1.29, 1.82) is 0 Å². The molecule has 0 bridgehead atoms. The second-order valence-corrected chi connectivity index (χ2v) is 7.45. The number of likely N-dealkylation sites (N-methyl/N-ethyl adjacent to an activating group) is 1. The van der Waals surface area contributed by atoms with Crippen molar-refractivity contribution in [3.63, 3.8) is 0 Å². The van der Waals surface area contributed by atoms with Crippen LogP contribution in [0, 0.1) is 11.8 Å². The van der Waals surface area contributed by atoms with Crippen molar-refractivity contribution in [1.82, 2.24) is 20.1 Å². The van der Waals surface area contributed by atoms with Crippen LogP contribution in [0.2, 0.25) is 0 Å². The first-order valence-electron chi connectivity index (χ1n) is 8.82. The number of aromatic nitrogens is 1. The predicted octanol–water partition coefficient (Wildman–Crippen LogP) is 1.11. The number of fused-ring (bicyclic) bond motifs is 1. The largest absolute Gasteiger partial charge is 0.354 e. The molecule has 2 saturated heterocycles. The van der Waals surface area contributed by atoms with E-state index in [9.17, 15) is 4.79 Å². The van der Waals surface area contributed by atoms with Gasteiger partial charge in [-0.3, -0.25) is 19.6 Å². The maximum absolute atomic E-state index is 12.4. The molecule has 1 aromatic rings. The minimum absolute atomic E-state index is 0.0701. The van der Waals surface area contributed by atoms with Crippen molar-refractivity contribution in [2.45, 2.75) is 37.9 Å². The van der Waals surface area contributed by atoms with Crippen LogP contribution in [0.1, 0.15) is 25.0 Å². The van der Waals surface area contributed by atoms with Crippen LogP contribution in [0.15, 0.2) is 24.4 Å². The van der Waals surface area contributed by atoms with E-state index in [1.54, 1.807) is 0 Å². The first-order valence-corrected chi connectivity index (χ1v) is 8.82. The van der Waals surface area contributed by atoms with Gasteiger partial charge in [-0.1, -0.05) is 6.07 Å². The molecule has 23 heavy (non-hydrogen) atoms. The van der Waals surface area contributed by atoms with E-state index in [4.69, 9.17) is 0 Å². The Morgan fingerprint density at radius 1 is 1.35 bits per heavy atom. The third kappa shape index (κ3) is 3.26. The van der Waals surface area contributed by atoms with Crippen LogP contribution in [-0.4, -0.2) is 59.5 Å². The summed E-state index contributed by atoms with van der Waals surface area (Å²) < 4.78 is 0. The van der Waals surface area contributed by atoms with E-state index in [-0.39, 0.29) is 11.9 Å². The molecule has 1 aliphatic carbocycles. The molecular weight excluding hydrogens is 288 g/mol. The minimum Gasteiger partial charge on any atom is -0.354 e. The Labute approximate surface area is 138 Å². The molecule has 4 rings (SSSR count). The first-order chi connectivity index (χ1) is 11.2. The van der Waals surface area contributed by atoms with Gasteiger partial charge >= 0.3 is 0 Å². The zero-order valence-electron chi connectivity index (χ0n) is 13.8. The average Bonchev–Trinajstić information content (AvgIpc) is 3.23. The highest BCUT2D eigenvalue weighted by atomic mass is 16.2. The number of hydrogen-bond acceptors (Lipinski definition) is 4. The Morgan fingerprint density at radius 2 is 2.22 bits per heavy atom. The predicted molar refractivity (Wildman–Crippen MR) is 88.7 cm³/mol. The Balaban J connectivity index is 1.31. The monoisotopic (exact) mass is 314 g/mol. The molecular formula is C18H26N4O. The fourth-order valence-electron chi connectivity index (χ4n) is 4.15. The molecule has 0 radical (unpaired) electrons. The molecule has 0 spiro atoms. The third-order valence-corrected chi connectivity index (χ3v) is 5.70.